The van der Waals surface area contributed by atoms with Gasteiger partial charge in [-0.1, -0.05) is 29.5 Å². The summed E-state index contributed by atoms with van der Waals surface area (Å²) in [5.41, 5.74) is 1.79. The topological polar surface area (TPSA) is 105 Å². The third-order valence-electron chi connectivity index (χ3n) is 5.76. The Balaban J connectivity index is 1.90. The number of rotatable bonds is 8. The van der Waals surface area contributed by atoms with Gasteiger partial charge in [0.2, 0.25) is 0 Å². The Bertz CT molecular complexity index is 1580. The van der Waals surface area contributed by atoms with Crippen LogP contribution < -0.4 is 29.1 Å². The second-order valence-corrected chi connectivity index (χ2v) is 9.32. The van der Waals surface area contributed by atoms with E-state index in [0.29, 0.717) is 27.2 Å². The van der Waals surface area contributed by atoms with E-state index in [9.17, 15) is 14.4 Å². The Hall–Kier alpha value is -4.18. The van der Waals surface area contributed by atoms with Crippen molar-refractivity contribution in [2.75, 3.05) is 20.3 Å². The standard InChI is InChI=1S/C28H28N2O7S/c1-6-35-20-11-8-18(9-12-20)14-23-26(32)30-25(19-10-13-21(37-17(4)31)22(15-19)34-5)24(27(33)36-7-2)16(3)29-28(30)38-23/h8-15,25H,6-7H2,1-5H3/b23-14+. The lowest BCUT2D eigenvalue weighted by Gasteiger charge is -2.25. The van der Waals surface area contributed by atoms with Crippen molar-refractivity contribution in [2.45, 2.75) is 33.7 Å². The maximum Gasteiger partial charge on any atom is 0.338 e. The minimum absolute atomic E-state index is 0.166. The zero-order valence-corrected chi connectivity index (χ0v) is 22.6. The fourth-order valence-corrected chi connectivity index (χ4v) is 5.23. The maximum atomic E-state index is 13.8. The highest BCUT2D eigenvalue weighted by Crippen LogP contribution is 2.36. The van der Waals surface area contributed by atoms with Gasteiger partial charge in [0.1, 0.15) is 5.75 Å². The van der Waals surface area contributed by atoms with E-state index in [1.54, 1.807) is 38.1 Å². The summed E-state index contributed by atoms with van der Waals surface area (Å²) >= 11 is 1.23. The van der Waals surface area contributed by atoms with E-state index in [4.69, 9.17) is 18.9 Å². The smallest absolute Gasteiger partial charge is 0.338 e. The number of benzene rings is 2. The average molecular weight is 537 g/mol. The van der Waals surface area contributed by atoms with Crippen LogP contribution in [0.5, 0.6) is 17.2 Å². The number of thiazole rings is 1. The monoisotopic (exact) mass is 536 g/mol. The van der Waals surface area contributed by atoms with E-state index in [2.05, 4.69) is 4.99 Å². The molecule has 0 N–H and O–H groups in total. The Morgan fingerprint density at radius 2 is 1.82 bits per heavy atom. The molecule has 0 saturated heterocycles. The molecule has 198 valence electrons. The van der Waals surface area contributed by atoms with Crippen LogP contribution in [0.15, 0.2) is 63.5 Å². The molecule has 0 aliphatic carbocycles. The summed E-state index contributed by atoms with van der Waals surface area (Å²) in [6, 6.07) is 11.5. The lowest BCUT2D eigenvalue weighted by molar-refractivity contribution is -0.139. The number of allylic oxidation sites excluding steroid dienone is 1. The van der Waals surface area contributed by atoms with E-state index in [1.165, 1.54) is 29.9 Å². The molecule has 0 fully saturated rings. The van der Waals surface area contributed by atoms with Crippen molar-refractivity contribution in [1.29, 1.82) is 0 Å². The van der Waals surface area contributed by atoms with Gasteiger partial charge in [0.15, 0.2) is 16.3 Å². The third kappa shape index (κ3) is 5.40. The molecule has 38 heavy (non-hydrogen) atoms. The summed E-state index contributed by atoms with van der Waals surface area (Å²) in [7, 11) is 1.45. The van der Waals surface area contributed by atoms with E-state index in [0.717, 1.165) is 11.3 Å². The highest BCUT2D eigenvalue weighted by atomic mass is 32.1. The Morgan fingerprint density at radius 3 is 2.45 bits per heavy atom. The molecule has 10 heteroatoms. The van der Waals surface area contributed by atoms with Crippen molar-refractivity contribution in [3.8, 4) is 17.2 Å². The zero-order valence-electron chi connectivity index (χ0n) is 21.8. The summed E-state index contributed by atoms with van der Waals surface area (Å²) < 4.78 is 23.5. The molecule has 2 heterocycles. The van der Waals surface area contributed by atoms with Crippen LogP contribution in [-0.4, -0.2) is 36.8 Å². The number of carbonyl (C=O) groups is 2. The first-order valence-corrected chi connectivity index (χ1v) is 12.9. The third-order valence-corrected chi connectivity index (χ3v) is 6.75. The molecule has 0 radical (unpaired) electrons. The summed E-state index contributed by atoms with van der Waals surface area (Å²) in [4.78, 5) is 43.4. The summed E-state index contributed by atoms with van der Waals surface area (Å²) in [5.74, 6) is 0.188. The first-order chi connectivity index (χ1) is 18.3. The van der Waals surface area contributed by atoms with Crippen molar-refractivity contribution in [3.63, 3.8) is 0 Å². The van der Waals surface area contributed by atoms with Gasteiger partial charge in [0, 0.05) is 6.92 Å². The van der Waals surface area contributed by atoms with Gasteiger partial charge in [-0.25, -0.2) is 9.79 Å². The van der Waals surface area contributed by atoms with Gasteiger partial charge in [0.25, 0.3) is 5.56 Å². The van der Waals surface area contributed by atoms with Crippen LogP contribution in [0.1, 0.15) is 44.9 Å². The van der Waals surface area contributed by atoms with Gasteiger partial charge in [-0.05, 0) is 62.2 Å². The lowest BCUT2D eigenvalue weighted by Crippen LogP contribution is -2.40. The molecule has 1 aromatic heterocycles. The quantitative estimate of drug-likeness (QED) is 0.322. The van der Waals surface area contributed by atoms with Crippen LogP contribution in [0, 0.1) is 0 Å². The largest absolute Gasteiger partial charge is 0.494 e. The van der Waals surface area contributed by atoms with Gasteiger partial charge in [0.05, 0.1) is 42.2 Å². The maximum absolute atomic E-state index is 13.8. The molecule has 1 atom stereocenters. The number of carbonyl (C=O) groups excluding carboxylic acids is 2. The van der Waals surface area contributed by atoms with E-state index in [-0.39, 0.29) is 29.2 Å². The van der Waals surface area contributed by atoms with Gasteiger partial charge in [-0.2, -0.15) is 0 Å². The van der Waals surface area contributed by atoms with E-state index >= 15 is 0 Å². The fourth-order valence-electron chi connectivity index (χ4n) is 4.18. The Kier molecular flexibility index (Phi) is 8.11. The SMILES string of the molecule is CCOC(=O)C1=C(C)N=c2s/c(=C/c3ccc(OCC)cc3)c(=O)n2C1c1ccc(OC(C)=O)c(OC)c1. The minimum Gasteiger partial charge on any atom is -0.494 e. The van der Waals surface area contributed by atoms with Gasteiger partial charge in [-0.15, -0.1) is 0 Å². The van der Waals surface area contributed by atoms with Gasteiger partial charge in [-0.3, -0.25) is 14.2 Å². The number of hydrogen-bond donors (Lipinski definition) is 0. The number of ether oxygens (including phenoxy) is 4. The fraction of sp³-hybridized carbons (Fsp3) is 0.286. The average Bonchev–Trinajstić information content (AvgIpc) is 3.18. The number of fused-ring (bicyclic) bond motifs is 1. The summed E-state index contributed by atoms with van der Waals surface area (Å²) in [6.45, 7) is 7.36. The van der Waals surface area contributed by atoms with Gasteiger partial charge < -0.3 is 18.9 Å². The van der Waals surface area contributed by atoms with Crippen molar-refractivity contribution in [3.05, 3.63) is 84.5 Å². The first kappa shape index (κ1) is 26.9. The molecule has 0 bridgehead atoms. The van der Waals surface area contributed by atoms with Crippen LogP contribution in [0.4, 0.5) is 0 Å². The number of methoxy groups -OCH3 is 1. The number of aromatic nitrogens is 1. The molecule has 1 unspecified atom stereocenters. The van der Waals surface area contributed by atoms with Crippen LogP contribution in [0.25, 0.3) is 6.08 Å². The van der Waals surface area contributed by atoms with Gasteiger partial charge >= 0.3 is 11.9 Å². The van der Waals surface area contributed by atoms with Crippen molar-refractivity contribution in [2.24, 2.45) is 4.99 Å². The molecule has 0 spiro atoms. The van der Waals surface area contributed by atoms with E-state index in [1.807, 2.05) is 31.2 Å². The van der Waals surface area contributed by atoms with Crippen LogP contribution in [0.3, 0.4) is 0 Å². The summed E-state index contributed by atoms with van der Waals surface area (Å²) in [5, 5.41) is 0. The van der Waals surface area contributed by atoms with Crippen LogP contribution in [0.2, 0.25) is 0 Å². The molecular weight excluding hydrogens is 508 g/mol. The highest BCUT2D eigenvalue weighted by molar-refractivity contribution is 7.07. The molecule has 1 aliphatic rings. The number of esters is 2. The zero-order chi connectivity index (χ0) is 27.4. The molecule has 0 saturated carbocycles. The minimum atomic E-state index is -0.826. The van der Waals surface area contributed by atoms with Crippen LogP contribution >= 0.6 is 11.3 Å². The van der Waals surface area contributed by atoms with Crippen molar-refractivity contribution in [1.82, 2.24) is 4.57 Å². The summed E-state index contributed by atoms with van der Waals surface area (Å²) in [6.07, 6.45) is 1.78. The normalized spacial score (nSPS) is 15.0. The number of hydrogen-bond acceptors (Lipinski definition) is 9. The molecule has 2 aromatic carbocycles. The molecular formula is C28H28N2O7S. The molecule has 0 amide bonds. The molecule has 3 aromatic rings. The first-order valence-electron chi connectivity index (χ1n) is 12.1. The second-order valence-electron chi connectivity index (χ2n) is 8.31. The van der Waals surface area contributed by atoms with Crippen molar-refractivity contribution < 1.29 is 28.5 Å². The molecule has 4 rings (SSSR count). The number of nitrogens with zero attached hydrogens (tertiary/aromatic N) is 2. The molecule has 9 nitrogen and oxygen atoms in total. The van der Waals surface area contributed by atoms with E-state index < -0.39 is 18.0 Å². The second kappa shape index (κ2) is 11.5. The molecule has 1 aliphatic heterocycles. The predicted octanol–water partition coefficient (Wildman–Crippen LogP) is 3.13. The van der Waals surface area contributed by atoms with Crippen molar-refractivity contribution >= 4 is 29.4 Å². The Morgan fingerprint density at radius 1 is 1.08 bits per heavy atom. The Labute approximate surface area is 223 Å². The highest BCUT2D eigenvalue weighted by Gasteiger charge is 2.34. The van der Waals surface area contributed by atoms with Crippen LogP contribution in [-0.2, 0) is 14.3 Å². The predicted molar refractivity (Wildman–Crippen MR) is 142 cm³/mol. The lowest BCUT2D eigenvalue weighted by atomic mass is 9.95.